The lowest BCUT2D eigenvalue weighted by molar-refractivity contribution is -0.383. The molecule has 5 nitrogen and oxygen atoms in total. The van der Waals surface area contributed by atoms with E-state index in [9.17, 15) is 14.9 Å². The topological polar surface area (TPSA) is 76.0 Å². The standard InChI is InChI=1S/C13H7ClN2O3S/c14-11-5-4-10(20-11)13(17)8-6-15-12-7(8)2-1-3-9(12)16(18)19/h1-6,15H. The van der Waals surface area contributed by atoms with Crippen LogP contribution in [0.15, 0.2) is 36.5 Å². The number of rotatable bonds is 3. The molecule has 1 N–H and O–H groups in total. The Labute approximate surface area is 122 Å². The highest BCUT2D eigenvalue weighted by Gasteiger charge is 2.20. The molecule has 0 radical (unpaired) electrons. The van der Waals surface area contributed by atoms with Gasteiger partial charge in [-0.15, -0.1) is 11.3 Å². The molecule has 2 heterocycles. The van der Waals surface area contributed by atoms with Crippen LogP contribution >= 0.6 is 22.9 Å². The number of carbonyl (C=O) groups excluding carboxylic acids is 1. The molecule has 1 aromatic carbocycles. The number of thiophene rings is 1. The highest BCUT2D eigenvalue weighted by molar-refractivity contribution is 7.18. The number of carbonyl (C=O) groups is 1. The smallest absolute Gasteiger partial charge is 0.293 e. The molecular formula is C13H7ClN2O3S. The molecule has 3 rings (SSSR count). The molecule has 7 heteroatoms. The molecule has 2 aromatic heterocycles. The van der Waals surface area contributed by atoms with Crippen molar-refractivity contribution in [1.29, 1.82) is 0 Å². The number of hydrogen-bond donors (Lipinski definition) is 1. The monoisotopic (exact) mass is 306 g/mol. The highest BCUT2D eigenvalue weighted by atomic mass is 35.5. The number of aromatic amines is 1. The van der Waals surface area contributed by atoms with Crippen LogP contribution in [0, 0.1) is 10.1 Å². The number of ketones is 1. The number of aromatic nitrogens is 1. The number of hydrogen-bond acceptors (Lipinski definition) is 4. The molecule has 0 bridgehead atoms. The predicted octanol–water partition coefficient (Wildman–Crippen LogP) is 4.02. The van der Waals surface area contributed by atoms with Gasteiger partial charge in [0.25, 0.3) is 5.69 Å². The van der Waals surface area contributed by atoms with Crippen molar-refractivity contribution in [3.8, 4) is 0 Å². The van der Waals surface area contributed by atoms with Crippen molar-refractivity contribution in [2.24, 2.45) is 0 Å². The molecule has 0 spiro atoms. The van der Waals surface area contributed by atoms with Crippen LogP contribution < -0.4 is 0 Å². The number of nitrogens with one attached hydrogen (secondary N) is 1. The first kappa shape index (κ1) is 12.8. The number of fused-ring (bicyclic) bond motifs is 1. The van der Waals surface area contributed by atoms with Crippen LogP contribution in [0.3, 0.4) is 0 Å². The molecule has 0 saturated heterocycles. The van der Waals surface area contributed by atoms with Crippen molar-refractivity contribution in [3.05, 3.63) is 61.4 Å². The van der Waals surface area contributed by atoms with Crippen molar-refractivity contribution in [1.82, 2.24) is 4.98 Å². The van der Waals surface area contributed by atoms with Crippen molar-refractivity contribution < 1.29 is 9.72 Å². The summed E-state index contributed by atoms with van der Waals surface area (Å²) in [5.41, 5.74) is 0.705. The number of benzene rings is 1. The summed E-state index contributed by atoms with van der Waals surface area (Å²) >= 11 is 7.00. The van der Waals surface area contributed by atoms with E-state index in [1.165, 1.54) is 23.6 Å². The summed E-state index contributed by atoms with van der Waals surface area (Å²) in [5, 5.41) is 11.5. The van der Waals surface area contributed by atoms with E-state index in [-0.39, 0.29) is 11.5 Å². The second-order valence-electron chi connectivity index (χ2n) is 4.09. The molecule has 20 heavy (non-hydrogen) atoms. The van der Waals surface area contributed by atoms with E-state index < -0.39 is 4.92 Å². The third kappa shape index (κ3) is 1.99. The van der Waals surface area contributed by atoms with Crippen LogP contribution in [-0.2, 0) is 0 Å². The van der Waals surface area contributed by atoms with Gasteiger partial charge in [0, 0.05) is 23.2 Å². The SMILES string of the molecule is O=C(c1ccc(Cl)s1)c1c[nH]c2c([N+](=O)[O-])cccc12. The lowest BCUT2D eigenvalue weighted by Crippen LogP contribution is -1.97. The van der Waals surface area contributed by atoms with Gasteiger partial charge in [0.15, 0.2) is 0 Å². The summed E-state index contributed by atoms with van der Waals surface area (Å²) in [4.78, 5) is 26.2. The molecule has 0 aliphatic heterocycles. The van der Waals surface area contributed by atoms with Gasteiger partial charge < -0.3 is 4.98 Å². The zero-order chi connectivity index (χ0) is 14.3. The lowest BCUT2D eigenvalue weighted by Gasteiger charge is -1.96. The fourth-order valence-electron chi connectivity index (χ4n) is 2.05. The Kier molecular flexibility index (Phi) is 3.04. The van der Waals surface area contributed by atoms with Gasteiger partial charge in [0.05, 0.1) is 14.1 Å². The maximum absolute atomic E-state index is 12.4. The average molecular weight is 307 g/mol. The maximum Gasteiger partial charge on any atom is 0.293 e. The minimum absolute atomic E-state index is 0.0502. The van der Waals surface area contributed by atoms with Crippen LogP contribution in [0.1, 0.15) is 15.2 Å². The summed E-state index contributed by atoms with van der Waals surface area (Å²) in [6.07, 6.45) is 1.49. The van der Waals surface area contributed by atoms with E-state index in [4.69, 9.17) is 11.6 Å². The quantitative estimate of drug-likeness (QED) is 0.451. The second-order valence-corrected chi connectivity index (χ2v) is 5.81. The first-order valence-corrected chi connectivity index (χ1v) is 6.82. The van der Waals surface area contributed by atoms with Crippen molar-refractivity contribution in [3.63, 3.8) is 0 Å². The Balaban J connectivity index is 2.16. The largest absolute Gasteiger partial charge is 0.355 e. The molecular weight excluding hydrogens is 300 g/mol. The zero-order valence-corrected chi connectivity index (χ0v) is 11.5. The Bertz CT molecular complexity index is 837. The summed E-state index contributed by atoms with van der Waals surface area (Å²) in [7, 11) is 0. The van der Waals surface area contributed by atoms with Gasteiger partial charge >= 0.3 is 0 Å². The summed E-state index contributed by atoms with van der Waals surface area (Å²) < 4.78 is 0.527. The first-order valence-electron chi connectivity index (χ1n) is 5.62. The Morgan fingerprint density at radius 2 is 2.10 bits per heavy atom. The number of para-hydroxylation sites is 1. The average Bonchev–Trinajstić information content (AvgIpc) is 3.03. The van der Waals surface area contributed by atoms with Crippen molar-refractivity contribution in [2.45, 2.75) is 0 Å². The summed E-state index contributed by atoms with van der Waals surface area (Å²) in [5.74, 6) is -0.200. The van der Waals surface area contributed by atoms with Crippen LogP contribution in [0.2, 0.25) is 4.34 Å². The van der Waals surface area contributed by atoms with Crippen LogP contribution in [0.5, 0.6) is 0 Å². The molecule has 3 aromatic rings. The van der Waals surface area contributed by atoms with Crippen molar-refractivity contribution >= 4 is 45.3 Å². The number of halogens is 1. The minimum Gasteiger partial charge on any atom is -0.355 e. The van der Waals surface area contributed by atoms with Gasteiger partial charge in [-0.3, -0.25) is 14.9 Å². The highest BCUT2D eigenvalue weighted by Crippen LogP contribution is 2.30. The maximum atomic E-state index is 12.4. The fraction of sp³-hybridized carbons (Fsp3) is 0. The first-order chi connectivity index (χ1) is 9.58. The Morgan fingerprint density at radius 1 is 1.30 bits per heavy atom. The molecule has 0 amide bonds. The van der Waals surface area contributed by atoms with Gasteiger partial charge in [-0.2, -0.15) is 0 Å². The Morgan fingerprint density at radius 3 is 2.75 bits per heavy atom. The molecule has 0 atom stereocenters. The van der Waals surface area contributed by atoms with E-state index in [0.29, 0.717) is 25.7 Å². The van der Waals surface area contributed by atoms with E-state index in [2.05, 4.69) is 4.98 Å². The number of H-pyrrole nitrogens is 1. The van der Waals surface area contributed by atoms with Gasteiger partial charge in [0.2, 0.25) is 5.78 Å². The van der Waals surface area contributed by atoms with Crippen molar-refractivity contribution in [2.75, 3.05) is 0 Å². The lowest BCUT2D eigenvalue weighted by atomic mass is 10.1. The molecule has 0 unspecified atom stereocenters. The number of nitro groups is 1. The van der Waals surface area contributed by atoms with E-state index in [0.717, 1.165) is 0 Å². The number of nitro benzene ring substituents is 1. The van der Waals surface area contributed by atoms with Crippen LogP contribution in [-0.4, -0.2) is 15.7 Å². The van der Waals surface area contributed by atoms with Gasteiger partial charge in [-0.05, 0) is 12.1 Å². The number of nitrogens with zero attached hydrogens (tertiary/aromatic N) is 1. The molecule has 0 aliphatic carbocycles. The molecule has 0 fully saturated rings. The molecule has 0 saturated carbocycles. The van der Waals surface area contributed by atoms with Gasteiger partial charge in [-0.1, -0.05) is 23.7 Å². The number of non-ortho nitro benzene ring substituents is 1. The molecule has 0 aliphatic rings. The van der Waals surface area contributed by atoms with Crippen LogP contribution in [0.25, 0.3) is 10.9 Å². The second kappa shape index (κ2) is 4.73. The Hall–Kier alpha value is -2.18. The van der Waals surface area contributed by atoms with Crippen LogP contribution in [0.4, 0.5) is 5.69 Å². The summed E-state index contributed by atoms with van der Waals surface area (Å²) in [6.45, 7) is 0. The summed E-state index contributed by atoms with van der Waals surface area (Å²) in [6, 6.07) is 7.94. The van der Waals surface area contributed by atoms with Gasteiger partial charge in [-0.25, -0.2) is 0 Å². The zero-order valence-electron chi connectivity index (χ0n) is 9.92. The predicted molar refractivity (Wildman–Crippen MR) is 77.7 cm³/mol. The third-order valence-electron chi connectivity index (χ3n) is 2.93. The third-order valence-corrected chi connectivity index (χ3v) is 4.16. The van der Waals surface area contributed by atoms with E-state index in [1.807, 2.05) is 0 Å². The van der Waals surface area contributed by atoms with E-state index >= 15 is 0 Å². The van der Waals surface area contributed by atoms with Gasteiger partial charge in [0.1, 0.15) is 5.52 Å². The minimum atomic E-state index is -0.477. The molecule has 100 valence electrons. The van der Waals surface area contributed by atoms with E-state index in [1.54, 1.807) is 24.3 Å². The fourth-order valence-corrected chi connectivity index (χ4v) is 3.04. The normalized spacial score (nSPS) is 10.8.